The molecule has 0 amide bonds. The van der Waals surface area contributed by atoms with Crippen molar-refractivity contribution in [3.05, 3.63) is 18.3 Å². The van der Waals surface area contributed by atoms with Crippen molar-refractivity contribution in [1.82, 2.24) is 4.98 Å². The molecule has 6 nitrogen and oxygen atoms in total. The molecule has 1 aliphatic heterocycles. The summed E-state index contributed by atoms with van der Waals surface area (Å²) in [6.45, 7) is 3.29. The summed E-state index contributed by atoms with van der Waals surface area (Å²) in [6.07, 6.45) is 1.77. The van der Waals surface area contributed by atoms with E-state index in [0.717, 1.165) is 32.0 Å². The summed E-state index contributed by atoms with van der Waals surface area (Å²) < 4.78 is 5.28. The van der Waals surface area contributed by atoms with Gasteiger partial charge in [-0.15, -0.1) is 12.4 Å². The van der Waals surface area contributed by atoms with Gasteiger partial charge >= 0.3 is 0 Å². The minimum Gasteiger partial charge on any atom is -0.378 e. The van der Waals surface area contributed by atoms with E-state index in [1.165, 1.54) is 0 Å². The Morgan fingerprint density at radius 3 is 2.65 bits per heavy atom. The van der Waals surface area contributed by atoms with Crippen LogP contribution in [0, 0.1) is 5.41 Å². The number of guanidine groups is 1. The van der Waals surface area contributed by atoms with Gasteiger partial charge in [-0.2, -0.15) is 0 Å². The van der Waals surface area contributed by atoms with Crippen LogP contribution in [-0.2, 0) is 4.74 Å². The zero-order valence-corrected chi connectivity index (χ0v) is 10.2. The van der Waals surface area contributed by atoms with E-state index in [-0.39, 0.29) is 18.4 Å². The third-order valence-corrected chi connectivity index (χ3v) is 2.39. The SMILES string of the molecule is Cl.N=C(N)Nc1ccc(N2CCOCC2)cn1. The minimum atomic E-state index is -0.105. The Kier molecular flexibility index (Phi) is 4.99. The van der Waals surface area contributed by atoms with Gasteiger partial charge in [0.1, 0.15) is 5.82 Å². The number of hydrogen-bond donors (Lipinski definition) is 3. The number of ether oxygens (including phenoxy) is 1. The second-order valence-electron chi connectivity index (χ2n) is 3.54. The molecule has 0 spiro atoms. The third kappa shape index (κ3) is 3.76. The predicted octanol–water partition coefficient (Wildman–Crippen LogP) is 0.645. The van der Waals surface area contributed by atoms with Crippen molar-refractivity contribution in [3.63, 3.8) is 0 Å². The summed E-state index contributed by atoms with van der Waals surface area (Å²) in [6, 6.07) is 3.77. The predicted molar refractivity (Wildman–Crippen MR) is 70.1 cm³/mol. The van der Waals surface area contributed by atoms with E-state index in [2.05, 4.69) is 15.2 Å². The Hall–Kier alpha value is -1.53. The summed E-state index contributed by atoms with van der Waals surface area (Å²) in [4.78, 5) is 6.40. The van der Waals surface area contributed by atoms with Crippen LogP contribution in [0.5, 0.6) is 0 Å². The number of morpholine rings is 1. The second kappa shape index (κ2) is 6.27. The Morgan fingerprint density at radius 2 is 2.12 bits per heavy atom. The number of nitrogens with zero attached hydrogens (tertiary/aromatic N) is 2. The minimum absolute atomic E-state index is 0. The lowest BCUT2D eigenvalue weighted by Crippen LogP contribution is -2.36. The lowest BCUT2D eigenvalue weighted by atomic mass is 10.3. The van der Waals surface area contributed by atoms with Gasteiger partial charge in [0.15, 0.2) is 5.96 Å². The molecule has 4 N–H and O–H groups in total. The van der Waals surface area contributed by atoms with Crippen molar-refractivity contribution >= 4 is 29.9 Å². The first-order chi connectivity index (χ1) is 7.75. The van der Waals surface area contributed by atoms with Gasteiger partial charge in [-0.3, -0.25) is 5.41 Å². The molecule has 1 aromatic rings. The highest BCUT2D eigenvalue weighted by Crippen LogP contribution is 2.16. The topological polar surface area (TPSA) is 87.3 Å². The zero-order chi connectivity index (χ0) is 11.4. The van der Waals surface area contributed by atoms with Gasteiger partial charge in [0, 0.05) is 13.1 Å². The van der Waals surface area contributed by atoms with E-state index in [4.69, 9.17) is 15.9 Å². The number of pyridine rings is 1. The van der Waals surface area contributed by atoms with E-state index in [9.17, 15) is 0 Å². The average Bonchev–Trinajstić information content (AvgIpc) is 2.30. The number of anilines is 2. The number of nitrogens with two attached hydrogens (primary N) is 1. The lowest BCUT2D eigenvalue weighted by molar-refractivity contribution is 0.122. The zero-order valence-electron chi connectivity index (χ0n) is 9.35. The van der Waals surface area contributed by atoms with E-state index < -0.39 is 0 Å². The van der Waals surface area contributed by atoms with Gasteiger partial charge in [-0.25, -0.2) is 4.98 Å². The van der Waals surface area contributed by atoms with Crippen molar-refractivity contribution in [2.75, 3.05) is 36.5 Å². The monoisotopic (exact) mass is 257 g/mol. The van der Waals surface area contributed by atoms with Gasteiger partial charge < -0.3 is 20.7 Å². The van der Waals surface area contributed by atoms with E-state index in [1.807, 2.05) is 12.1 Å². The lowest BCUT2D eigenvalue weighted by Gasteiger charge is -2.28. The maximum Gasteiger partial charge on any atom is 0.191 e. The summed E-state index contributed by atoms with van der Waals surface area (Å²) >= 11 is 0. The quantitative estimate of drug-likeness (QED) is 0.535. The van der Waals surface area contributed by atoms with Crippen LogP contribution in [0.3, 0.4) is 0 Å². The highest BCUT2D eigenvalue weighted by Gasteiger charge is 2.11. The largest absolute Gasteiger partial charge is 0.378 e. The summed E-state index contributed by atoms with van der Waals surface area (Å²) in [5, 5.41) is 9.72. The maximum absolute atomic E-state index is 7.08. The first-order valence-electron chi connectivity index (χ1n) is 5.15. The second-order valence-corrected chi connectivity index (χ2v) is 3.54. The maximum atomic E-state index is 7.08. The van der Waals surface area contributed by atoms with Crippen LogP contribution in [0.1, 0.15) is 0 Å². The molecule has 0 aromatic carbocycles. The molecule has 0 unspecified atom stereocenters. The van der Waals surface area contributed by atoms with Crippen LogP contribution in [-0.4, -0.2) is 37.2 Å². The highest BCUT2D eigenvalue weighted by atomic mass is 35.5. The van der Waals surface area contributed by atoms with Gasteiger partial charge in [0.05, 0.1) is 25.1 Å². The molecule has 94 valence electrons. The van der Waals surface area contributed by atoms with Crippen molar-refractivity contribution in [2.45, 2.75) is 0 Å². The number of rotatable bonds is 2. The van der Waals surface area contributed by atoms with E-state index in [1.54, 1.807) is 6.20 Å². The number of aromatic nitrogens is 1. The fourth-order valence-electron chi connectivity index (χ4n) is 1.61. The van der Waals surface area contributed by atoms with Crippen molar-refractivity contribution in [1.29, 1.82) is 5.41 Å². The van der Waals surface area contributed by atoms with Crippen molar-refractivity contribution < 1.29 is 4.74 Å². The first-order valence-corrected chi connectivity index (χ1v) is 5.15. The molecule has 1 aliphatic rings. The van der Waals surface area contributed by atoms with Gasteiger partial charge in [0.2, 0.25) is 0 Å². The molecular weight excluding hydrogens is 242 g/mol. The van der Waals surface area contributed by atoms with Gasteiger partial charge in [-0.05, 0) is 12.1 Å². The van der Waals surface area contributed by atoms with Gasteiger partial charge in [-0.1, -0.05) is 0 Å². The van der Waals surface area contributed by atoms with Crippen LogP contribution in [0.25, 0.3) is 0 Å². The molecule has 7 heteroatoms. The molecule has 0 bridgehead atoms. The smallest absolute Gasteiger partial charge is 0.191 e. The Balaban J connectivity index is 0.00000144. The average molecular weight is 258 g/mol. The molecule has 17 heavy (non-hydrogen) atoms. The summed E-state index contributed by atoms with van der Waals surface area (Å²) in [7, 11) is 0. The molecular formula is C10H16ClN5O. The van der Waals surface area contributed by atoms with Crippen LogP contribution < -0.4 is 16.0 Å². The first kappa shape index (κ1) is 13.5. The fourth-order valence-corrected chi connectivity index (χ4v) is 1.61. The highest BCUT2D eigenvalue weighted by molar-refractivity contribution is 5.88. The molecule has 2 heterocycles. The molecule has 0 radical (unpaired) electrons. The standard InChI is InChI=1S/C10H15N5O.ClH/c11-10(12)14-9-2-1-8(7-13-9)15-3-5-16-6-4-15;/h1-2,7H,3-6H2,(H4,11,12,13,14);1H. The molecule has 2 rings (SSSR count). The molecule has 1 saturated heterocycles. The van der Waals surface area contributed by atoms with E-state index in [0.29, 0.717) is 5.82 Å². The normalized spacial score (nSPS) is 14.9. The molecule has 0 atom stereocenters. The molecule has 0 aliphatic carbocycles. The Bertz CT molecular complexity index is 363. The number of halogens is 1. The fraction of sp³-hybridized carbons (Fsp3) is 0.400. The number of hydrogen-bond acceptors (Lipinski definition) is 4. The molecule has 0 saturated carbocycles. The van der Waals surface area contributed by atoms with Crippen LogP contribution in [0.15, 0.2) is 18.3 Å². The van der Waals surface area contributed by atoms with Crippen LogP contribution >= 0.6 is 12.4 Å². The molecule has 1 aromatic heterocycles. The number of nitrogens with one attached hydrogen (secondary N) is 2. The Morgan fingerprint density at radius 1 is 1.41 bits per heavy atom. The van der Waals surface area contributed by atoms with Gasteiger partial charge in [0.25, 0.3) is 0 Å². The van der Waals surface area contributed by atoms with Crippen molar-refractivity contribution in [2.24, 2.45) is 5.73 Å². The molecule has 1 fully saturated rings. The van der Waals surface area contributed by atoms with Crippen LogP contribution in [0.4, 0.5) is 11.5 Å². The van der Waals surface area contributed by atoms with E-state index >= 15 is 0 Å². The third-order valence-electron chi connectivity index (χ3n) is 2.39. The van der Waals surface area contributed by atoms with Crippen molar-refractivity contribution in [3.8, 4) is 0 Å². The Labute approximate surface area is 106 Å². The van der Waals surface area contributed by atoms with Crippen LogP contribution in [0.2, 0.25) is 0 Å². The summed E-state index contributed by atoms with van der Waals surface area (Å²) in [5.41, 5.74) is 6.28. The summed E-state index contributed by atoms with van der Waals surface area (Å²) in [5.74, 6) is 0.483.